The third kappa shape index (κ3) is 3.21. The summed E-state index contributed by atoms with van der Waals surface area (Å²) < 4.78 is 31.3. The second-order valence-electron chi connectivity index (χ2n) is 4.63. The summed E-state index contributed by atoms with van der Waals surface area (Å²) in [5, 5.41) is 24.1. The van der Waals surface area contributed by atoms with Crippen molar-refractivity contribution in [1.82, 2.24) is 0 Å². The van der Waals surface area contributed by atoms with E-state index >= 15 is 0 Å². The standard InChI is InChI=1S/C14H8O7S.2Na/c15-8-5-9(22(19,20)21)14(18)11-10(8)12(16)6-3-1-2-4-7(6)13(11)17;;/h1-5,15,18H,(H,19,20,21);;/q;2*+1/p-2. The molecule has 0 aromatic heterocycles. The molecule has 1 N–H and O–H groups in total. The van der Waals surface area contributed by atoms with Crippen LogP contribution in [-0.4, -0.2) is 24.5 Å². The molecule has 0 unspecified atom stereocenters. The van der Waals surface area contributed by atoms with Gasteiger partial charge >= 0.3 is 59.1 Å². The third-order valence-electron chi connectivity index (χ3n) is 3.36. The third-order valence-corrected chi connectivity index (χ3v) is 4.22. The summed E-state index contributed by atoms with van der Waals surface area (Å²) in [7, 11) is -4.98. The largest absolute Gasteiger partial charge is 1.00 e. The molecule has 0 saturated heterocycles. The normalized spacial score (nSPS) is 12.5. The molecule has 0 atom stereocenters. The van der Waals surface area contributed by atoms with E-state index in [1.807, 2.05) is 0 Å². The van der Waals surface area contributed by atoms with E-state index < -0.39 is 49.2 Å². The molecular formula is C14H6Na2O7S. The minimum atomic E-state index is -4.98. The fraction of sp³-hybridized carbons (Fsp3) is 0. The monoisotopic (exact) mass is 364 g/mol. The van der Waals surface area contributed by atoms with Gasteiger partial charge in [-0.05, 0) is 6.07 Å². The van der Waals surface area contributed by atoms with Gasteiger partial charge in [0.15, 0.2) is 11.6 Å². The summed E-state index contributed by atoms with van der Waals surface area (Å²) in [4.78, 5) is 23.4. The molecule has 0 radical (unpaired) electrons. The molecule has 10 heteroatoms. The Labute approximate surface area is 181 Å². The molecule has 112 valence electrons. The quantitative estimate of drug-likeness (QED) is 0.335. The fourth-order valence-corrected chi connectivity index (χ4v) is 2.99. The van der Waals surface area contributed by atoms with Crippen LogP contribution in [0.4, 0.5) is 0 Å². The van der Waals surface area contributed by atoms with Crippen LogP contribution < -0.4 is 69.3 Å². The van der Waals surface area contributed by atoms with Gasteiger partial charge in [0.2, 0.25) is 0 Å². The van der Waals surface area contributed by atoms with Crippen molar-refractivity contribution in [1.29, 1.82) is 0 Å². The van der Waals surface area contributed by atoms with Crippen molar-refractivity contribution < 1.29 is 91.9 Å². The number of benzene rings is 2. The van der Waals surface area contributed by atoms with Gasteiger partial charge in [0, 0.05) is 22.3 Å². The molecule has 0 aliphatic heterocycles. The Bertz CT molecular complexity index is 967. The molecule has 0 amide bonds. The van der Waals surface area contributed by atoms with Gasteiger partial charge in [-0.2, -0.15) is 8.42 Å². The maximum atomic E-state index is 12.3. The molecule has 0 heterocycles. The Balaban J connectivity index is 0.00000144. The van der Waals surface area contributed by atoms with Crippen LogP contribution in [0.15, 0.2) is 35.2 Å². The van der Waals surface area contributed by atoms with E-state index in [0.717, 1.165) is 0 Å². The van der Waals surface area contributed by atoms with Gasteiger partial charge in [-0.25, -0.2) is 0 Å². The first-order chi connectivity index (χ1) is 10.2. The zero-order chi connectivity index (χ0) is 16.2. The number of carbonyl (C=O) groups is 2. The van der Waals surface area contributed by atoms with E-state index in [0.29, 0.717) is 6.07 Å². The zero-order valence-corrected chi connectivity index (χ0v) is 17.5. The SMILES string of the molecule is O=C1c2ccccc2C(=O)c2c([O-])c(S(=O)(=O)O)cc([O-])c21.[Na+].[Na+]. The van der Waals surface area contributed by atoms with Crippen molar-refractivity contribution >= 4 is 21.7 Å². The maximum Gasteiger partial charge on any atom is 1.00 e. The summed E-state index contributed by atoms with van der Waals surface area (Å²) in [6.07, 6.45) is 0. The molecule has 1 aliphatic carbocycles. The Morgan fingerprint density at radius 1 is 0.875 bits per heavy atom. The first-order valence-corrected chi connectivity index (χ1v) is 7.38. The molecule has 1 aliphatic rings. The van der Waals surface area contributed by atoms with Crippen LogP contribution in [-0.2, 0) is 10.1 Å². The van der Waals surface area contributed by atoms with Crippen molar-refractivity contribution in [2.75, 3.05) is 0 Å². The Kier molecular flexibility index (Phi) is 6.46. The summed E-state index contributed by atoms with van der Waals surface area (Å²) in [5.74, 6) is -4.20. The molecule has 0 fully saturated rings. The molecule has 0 saturated carbocycles. The Hall–Kier alpha value is -0.710. The number of rotatable bonds is 1. The Morgan fingerprint density at radius 3 is 1.79 bits per heavy atom. The van der Waals surface area contributed by atoms with Gasteiger partial charge < -0.3 is 10.2 Å². The first kappa shape index (κ1) is 21.3. The van der Waals surface area contributed by atoms with Crippen molar-refractivity contribution in [2.24, 2.45) is 0 Å². The van der Waals surface area contributed by atoms with E-state index in [9.17, 15) is 28.2 Å². The Morgan fingerprint density at radius 2 is 1.33 bits per heavy atom. The van der Waals surface area contributed by atoms with Crippen LogP contribution >= 0.6 is 0 Å². The maximum absolute atomic E-state index is 12.3. The smallest absolute Gasteiger partial charge is 0.872 e. The van der Waals surface area contributed by atoms with E-state index in [4.69, 9.17) is 4.55 Å². The molecule has 3 rings (SSSR count). The summed E-state index contributed by atoms with van der Waals surface area (Å²) in [5.41, 5.74) is -1.61. The van der Waals surface area contributed by atoms with Crippen LogP contribution in [0.3, 0.4) is 0 Å². The second kappa shape index (κ2) is 7.27. The van der Waals surface area contributed by atoms with E-state index in [1.54, 1.807) is 0 Å². The topological polar surface area (TPSA) is 135 Å². The predicted octanol–water partition coefficient (Wildman–Crippen LogP) is -6.14. The summed E-state index contributed by atoms with van der Waals surface area (Å²) in [6, 6.07) is 5.94. The van der Waals surface area contributed by atoms with Crippen LogP contribution in [0.25, 0.3) is 0 Å². The average Bonchev–Trinajstić information content (AvgIpc) is 2.45. The number of fused-ring (bicyclic) bond motifs is 2. The minimum Gasteiger partial charge on any atom is -0.872 e. The molecule has 2 aromatic carbocycles. The summed E-state index contributed by atoms with van der Waals surface area (Å²) >= 11 is 0. The summed E-state index contributed by atoms with van der Waals surface area (Å²) in [6.45, 7) is 0. The van der Waals surface area contributed by atoms with E-state index in [1.165, 1.54) is 24.3 Å². The van der Waals surface area contributed by atoms with Gasteiger partial charge in [0.05, 0.1) is 4.90 Å². The van der Waals surface area contributed by atoms with Gasteiger partial charge in [-0.3, -0.25) is 14.1 Å². The minimum absolute atomic E-state index is 0. The van der Waals surface area contributed by atoms with Crippen LogP contribution in [0.2, 0.25) is 0 Å². The molecule has 7 nitrogen and oxygen atoms in total. The number of hydrogen-bond donors (Lipinski definition) is 1. The van der Waals surface area contributed by atoms with Gasteiger partial charge in [-0.1, -0.05) is 35.8 Å². The fourth-order valence-electron chi connectivity index (χ4n) is 2.40. The molecule has 0 bridgehead atoms. The van der Waals surface area contributed by atoms with Crippen LogP contribution in [0.5, 0.6) is 11.5 Å². The van der Waals surface area contributed by atoms with Crippen molar-refractivity contribution in [3.05, 3.63) is 52.6 Å². The molecular weight excluding hydrogens is 358 g/mol. The van der Waals surface area contributed by atoms with Gasteiger partial charge in [0.25, 0.3) is 10.1 Å². The average molecular weight is 364 g/mol. The van der Waals surface area contributed by atoms with Crippen molar-refractivity contribution in [3.8, 4) is 11.5 Å². The number of hydrogen-bond acceptors (Lipinski definition) is 6. The van der Waals surface area contributed by atoms with Crippen LogP contribution in [0, 0.1) is 0 Å². The predicted molar refractivity (Wildman–Crippen MR) is 68.5 cm³/mol. The molecule has 2 aromatic rings. The van der Waals surface area contributed by atoms with E-state index in [2.05, 4.69) is 0 Å². The first-order valence-electron chi connectivity index (χ1n) is 5.94. The van der Waals surface area contributed by atoms with Gasteiger partial charge in [-0.15, -0.1) is 0 Å². The number of carbonyl (C=O) groups excluding carboxylic acids is 2. The van der Waals surface area contributed by atoms with Crippen molar-refractivity contribution in [3.63, 3.8) is 0 Å². The molecule has 0 spiro atoms. The molecule has 24 heavy (non-hydrogen) atoms. The zero-order valence-electron chi connectivity index (χ0n) is 12.7. The van der Waals surface area contributed by atoms with Crippen LogP contribution in [0.1, 0.15) is 31.8 Å². The van der Waals surface area contributed by atoms with E-state index in [-0.39, 0.29) is 70.2 Å². The van der Waals surface area contributed by atoms with Crippen molar-refractivity contribution in [2.45, 2.75) is 4.90 Å². The number of ketones is 2. The van der Waals surface area contributed by atoms with Gasteiger partial charge in [0.1, 0.15) is 0 Å². The second-order valence-corrected chi connectivity index (χ2v) is 6.02.